The van der Waals surface area contributed by atoms with E-state index in [0.717, 1.165) is 31.2 Å². The van der Waals surface area contributed by atoms with Crippen LogP contribution in [0, 0.1) is 11.8 Å². The zero-order valence-electron chi connectivity index (χ0n) is 16.4. The van der Waals surface area contributed by atoms with E-state index in [9.17, 15) is 9.90 Å². The Morgan fingerprint density at radius 1 is 1.22 bits per heavy atom. The molecule has 0 bridgehead atoms. The molecule has 150 valence electrons. The molecule has 0 amide bonds. The van der Waals surface area contributed by atoms with Gasteiger partial charge in [0.15, 0.2) is 11.6 Å². The van der Waals surface area contributed by atoms with Gasteiger partial charge in [0.25, 0.3) is 0 Å². The van der Waals surface area contributed by atoms with Crippen molar-refractivity contribution in [3.05, 3.63) is 35.9 Å². The summed E-state index contributed by atoms with van der Waals surface area (Å²) in [7, 11) is 0. The summed E-state index contributed by atoms with van der Waals surface area (Å²) in [5.74, 6) is -1.28. The third-order valence-electron chi connectivity index (χ3n) is 5.82. The fraction of sp³-hybridized carbons (Fsp3) is 0.682. The van der Waals surface area contributed by atoms with E-state index < -0.39 is 23.9 Å². The quantitative estimate of drug-likeness (QED) is 0.752. The second-order valence-electron chi connectivity index (χ2n) is 8.05. The van der Waals surface area contributed by atoms with E-state index in [0.29, 0.717) is 19.8 Å². The monoisotopic (exact) mass is 376 g/mol. The van der Waals surface area contributed by atoms with Gasteiger partial charge < -0.3 is 19.3 Å². The van der Waals surface area contributed by atoms with E-state index in [1.54, 1.807) is 6.92 Å². The molecule has 1 aliphatic carbocycles. The molecule has 0 radical (unpaired) electrons. The zero-order chi connectivity index (χ0) is 19.3. The summed E-state index contributed by atoms with van der Waals surface area (Å²) in [4.78, 5) is 12.8. The van der Waals surface area contributed by atoms with Crippen LogP contribution in [0.25, 0.3) is 0 Å². The number of aliphatic hydroxyl groups excluding tert-OH is 1. The molecule has 1 N–H and O–H groups in total. The molecule has 27 heavy (non-hydrogen) atoms. The first-order chi connectivity index (χ1) is 13.0. The highest BCUT2D eigenvalue weighted by molar-refractivity contribution is 5.86. The van der Waals surface area contributed by atoms with E-state index >= 15 is 0 Å². The Morgan fingerprint density at radius 2 is 1.93 bits per heavy atom. The molecule has 1 saturated heterocycles. The third-order valence-corrected chi connectivity index (χ3v) is 5.82. The lowest BCUT2D eigenvalue weighted by molar-refractivity contribution is -0.190. The van der Waals surface area contributed by atoms with Gasteiger partial charge in [0.1, 0.15) is 6.10 Å². The zero-order valence-corrected chi connectivity index (χ0v) is 16.4. The largest absolute Gasteiger partial charge is 0.392 e. The van der Waals surface area contributed by atoms with Crippen molar-refractivity contribution in [3.63, 3.8) is 0 Å². The van der Waals surface area contributed by atoms with E-state index in [4.69, 9.17) is 14.2 Å². The Kier molecular flexibility index (Phi) is 7.04. The van der Waals surface area contributed by atoms with Gasteiger partial charge in [0, 0.05) is 24.7 Å². The summed E-state index contributed by atoms with van der Waals surface area (Å²) in [6.07, 6.45) is 3.74. The van der Waals surface area contributed by atoms with Crippen molar-refractivity contribution >= 4 is 5.78 Å². The van der Waals surface area contributed by atoms with Crippen LogP contribution in [0.4, 0.5) is 0 Å². The minimum Gasteiger partial charge on any atom is -0.392 e. The molecule has 4 atom stereocenters. The van der Waals surface area contributed by atoms with Gasteiger partial charge in [-0.3, -0.25) is 4.79 Å². The maximum atomic E-state index is 12.8. The standard InChI is InChI=1S/C22H32O5/c1-16(13-25-14-18-9-5-3-6-10-18)20(23)17(2)21(24)19-15-26-22(27-19)11-7-4-8-12-22/h3,5-6,9-10,16-17,19-20,23H,4,7-8,11-15H2,1-2H3/t16-,17+,19-,20-/m0/s1. The number of ether oxygens (including phenoxy) is 3. The molecule has 1 saturated carbocycles. The average molecular weight is 376 g/mol. The predicted molar refractivity (Wildman–Crippen MR) is 102 cm³/mol. The van der Waals surface area contributed by atoms with Gasteiger partial charge in [-0.15, -0.1) is 0 Å². The molecule has 0 unspecified atom stereocenters. The maximum Gasteiger partial charge on any atom is 0.169 e. The number of aliphatic hydroxyl groups is 1. The van der Waals surface area contributed by atoms with Gasteiger partial charge in [-0.05, 0) is 18.4 Å². The van der Waals surface area contributed by atoms with E-state index in [1.165, 1.54) is 6.42 Å². The van der Waals surface area contributed by atoms with Crippen molar-refractivity contribution in [1.82, 2.24) is 0 Å². The molecule has 2 fully saturated rings. The number of ketones is 1. The van der Waals surface area contributed by atoms with Crippen molar-refractivity contribution in [1.29, 1.82) is 0 Å². The molecule has 1 aromatic rings. The van der Waals surface area contributed by atoms with Gasteiger partial charge in [0.2, 0.25) is 0 Å². The first-order valence-corrected chi connectivity index (χ1v) is 10.2. The number of rotatable bonds is 8. The lowest BCUT2D eigenvalue weighted by Gasteiger charge is -2.32. The van der Waals surface area contributed by atoms with Crippen LogP contribution in [0.2, 0.25) is 0 Å². The summed E-state index contributed by atoms with van der Waals surface area (Å²) in [6, 6.07) is 9.92. The number of hydrogen-bond acceptors (Lipinski definition) is 5. The smallest absolute Gasteiger partial charge is 0.169 e. The van der Waals surface area contributed by atoms with Gasteiger partial charge in [-0.2, -0.15) is 0 Å². The predicted octanol–water partition coefficient (Wildman–Crippen LogP) is 3.48. The third kappa shape index (κ3) is 5.17. The Balaban J connectivity index is 1.45. The van der Waals surface area contributed by atoms with Crippen molar-refractivity contribution < 1.29 is 24.1 Å². The fourth-order valence-corrected chi connectivity index (χ4v) is 4.04. The summed E-state index contributed by atoms with van der Waals surface area (Å²) in [5.41, 5.74) is 1.09. The molecular weight excluding hydrogens is 344 g/mol. The second-order valence-corrected chi connectivity index (χ2v) is 8.05. The highest BCUT2D eigenvalue weighted by atomic mass is 16.7. The van der Waals surface area contributed by atoms with Crippen LogP contribution in [-0.2, 0) is 25.6 Å². The van der Waals surface area contributed by atoms with Crippen molar-refractivity contribution in [2.45, 2.75) is 70.6 Å². The van der Waals surface area contributed by atoms with Crippen LogP contribution in [0.15, 0.2) is 30.3 Å². The summed E-state index contributed by atoms with van der Waals surface area (Å²) >= 11 is 0. The Bertz CT molecular complexity index is 596. The number of hydrogen-bond donors (Lipinski definition) is 1. The van der Waals surface area contributed by atoms with E-state index in [2.05, 4.69) is 0 Å². The molecular formula is C22H32O5. The van der Waals surface area contributed by atoms with Crippen LogP contribution in [0.5, 0.6) is 0 Å². The molecule has 5 heteroatoms. The summed E-state index contributed by atoms with van der Waals surface area (Å²) in [6.45, 7) is 4.89. The van der Waals surface area contributed by atoms with Crippen LogP contribution >= 0.6 is 0 Å². The molecule has 1 heterocycles. The Labute approximate surface area is 162 Å². The van der Waals surface area contributed by atoms with Crippen molar-refractivity contribution in [2.75, 3.05) is 13.2 Å². The van der Waals surface area contributed by atoms with Gasteiger partial charge in [-0.1, -0.05) is 50.6 Å². The summed E-state index contributed by atoms with van der Waals surface area (Å²) in [5, 5.41) is 10.6. The van der Waals surface area contributed by atoms with E-state index in [-0.39, 0.29) is 11.7 Å². The molecule has 1 aliphatic heterocycles. The lowest BCUT2D eigenvalue weighted by atomic mass is 9.88. The number of benzene rings is 1. The molecule has 1 aromatic carbocycles. The number of Topliss-reactive ketones (excluding diaryl/α,β-unsaturated/α-hetero) is 1. The number of carbonyl (C=O) groups excluding carboxylic acids is 1. The van der Waals surface area contributed by atoms with Crippen LogP contribution < -0.4 is 0 Å². The first-order valence-electron chi connectivity index (χ1n) is 10.2. The Hall–Kier alpha value is -1.27. The normalized spacial score (nSPS) is 25.2. The topological polar surface area (TPSA) is 65.0 Å². The number of carbonyl (C=O) groups is 1. The highest BCUT2D eigenvalue weighted by Gasteiger charge is 2.46. The van der Waals surface area contributed by atoms with Crippen LogP contribution in [0.1, 0.15) is 51.5 Å². The SMILES string of the molecule is C[C@@H](COCc1ccccc1)[C@H](O)[C@@H](C)C(=O)[C@@H]1COC2(CCCCC2)O1. The van der Waals surface area contributed by atoms with Crippen molar-refractivity contribution in [2.24, 2.45) is 11.8 Å². The molecule has 1 spiro atoms. The average Bonchev–Trinajstić information content (AvgIpc) is 3.10. The Morgan fingerprint density at radius 3 is 2.63 bits per heavy atom. The molecule has 2 aliphatic rings. The van der Waals surface area contributed by atoms with Crippen molar-refractivity contribution in [3.8, 4) is 0 Å². The van der Waals surface area contributed by atoms with E-state index in [1.807, 2.05) is 37.3 Å². The minimum absolute atomic E-state index is 0.0696. The molecule has 3 rings (SSSR count). The molecule has 5 nitrogen and oxygen atoms in total. The molecule has 0 aromatic heterocycles. The second kappa shape index (κ2) is 9.28. The fourth-order valence-electron chi connectivity index (χ4n) is 4.04. The summed E-state index contributed by atoms with van der Waals surface area (Å²) < 4.78 is 17.6. The van der Waals surface area contributed by atoms with Gasteiger partial charge in [-0.25, -0.2) is 0 Å². The van der Waals surface area contributed by atoms with Crippen LogP contribution in [0.3, 0.4) is 0 Å². The maximum absolute atomic E-state index is 12.8. The lowest BCUT2D eigenvalue weighted by Crippen LogP contribution is -2.41. The minimum atomic E-state index is -0.764. The van der Waals surface area contributed by atoms with Crippen LogP contribution in [-0.4, -0.2) is 42.1 Å². The highest BCUT2D eigenvalue weighted by Crippen LogP contribution is 2.38. The first kappa shape index (κ1) is 20.5. The van der Waals surface area contributed by atoms with Gasteiger partial charge >= 0.3 is 0 Å². The van der Waals surface area contributed by atoms with Gasteiger partial charge in [0.05, 0.1) is 25.9 Å².